The van der Waals surface area contributed by atoms with E-state index in [1.54, 1.807) is 0 Å². The van der Waals surface area contributed by atoms with Crippen molar-refractivity contribution in [1.29, 1.82) is 0 Å². The summed E-state index contributed by atoms with van der Waals surface area (Å²) in [5.41, 5.74) is 0. The third kappa shape index (κ3) is 4.22. The predicted molar refractivity (Wildman–Crippen MR) is 112 cm³/mol. The third-order valence-electron chi connectivity index (χ3n) is 8.17. The lowest BCUT2D eigenvalue weighted by Crippen LogP contribution is -2.45. The monoisotopic (exact) mass is 352 g/mol. The molecule has 1 heteroatoms. The van der Waals surface area contributed by atoms with Crippen LogP contribution in [0.25, 0.3) is 0 Å². The lowest BCUT2D eigenvalue weighted by atomic mass is 9.72. The Hall–Kier alpha value is 0.430. The summed E-state index contributed by atoms with van der Waals surface area (Å²) in [6.45, 7) is 17.8. The minimum absolute atomic E-state index is 0.0931. The van der Waals surface area contributed by atoms with Gasteiger partial charge < -0.3 is 0 Å². The van der Waals surface area contributed by atoms with Crippen molar-refractivity contribution in [3.8, 4) is 0 Å². The normalized spacial score (nSPS) is 45.1. The molecule has 0 bridgehead atoms. The van der Waals surface area contributed by atoms with E-state index in [4.69, 9.17) is 0 Å². The van der Waals surface area contributed by atoms with Crippen molar-refractivity contribution in [2.24, 2.45) is 23.7 Å². The van der Waals surface area contributed by atoms with Crippen molar-refractivity contribution in [2.75, 3.05) is 6.66 Å². The zero-order valence-corrected chi connectivity index (χ0v) is 18.7. The van der Waals surface area contributed by atoms with Gasteiger partial charge in [-0.25, -0.2) is 0 Å². The maximum Gasteiger partial charge on any atom is -0.00894 e. The van der Waals surface area contributed by atoms with Gasteiger partial charge >= 0.3 is 0 Å². The van der Waals surface area contributed by atoms with Gasteiger partial charge in [-0.1, -0.05) is 68.7 Å². The van der Waals surface area contributed by atoms with Crippen LogP contribution in [0.15, 0.2) is 0 Å². The summed E-state index contributed by atoms with van der Waals surface area (Å²) in [6.07, 6.45) is 14.8. The molecule has 0 heterocycles. The average molecular weight is 353 g/mol. The van der Waals surface area contributed by atoms with Crippen LogP contribution in [-0.4, -0.2) is 17.0 Å². The van der Waals surface area contributed by atoms with E-state index in [0.29, 0.717) is 10.3 Å². The van der Waals surface area contributed by atoms with Gasteiger partial charge in [0.25, 0.3) is 0 Å². The van der Waals surface area contributed by atoms with Crippen LogP contribution in [0, 0.1) is 23.7 Å². The van der Waals surface area contributed by atoms with Crippen LogP contribution in [0.1, 0.15) is 106 Å². The highest BCUT2D eigenvalue weighted by molar-refractivity contribution is 7.60. The highest BCUT2D eigenvalue weighted by Crippen LogP contribution is 2.69. The van der Waals surface area contributed by atoms with Crippen LogP contribution in [0.5, 0.6) is 0 Å². The molecule has 0 spiro atoms. The fourth-order valence-electron chi connectivity index (χ4n) is 6.55. The zero-order chi connectivity index (χ0) is 18.0. The average Bonchev–Trinajstić information content (AvgIpc) is 2.59. The molecule has 0 nitrogen and oxygen atoms in total. The van der Waals surface area contributed by atoms with E-state index in [0.717, 1.165) is 23.7 Å². The van der Waals surface area contributed by atoms with Gasteiger partial charge in [0.1, 0.15) is 0 Å². The van der Waals surface area contributed by atoms with E-state index in [9.17, 15) is 0 Å². The molecule has 0 saturated heterocycles. The molecule has 142 valence electrons. The van der Waals surface area contributed by atoms with Crippen LogP contribution in [0.3, 0.4) is 0 Å². The quantitative estimate of drug-likeness (QED) is 0.424. The molecular formula is C23H45P. The van der Waals surface area contributed by atoms with Crippen LogP contribution in [0.2, 0.25) is 0 Å². The molecule has 0 aliphatic heterocycles. The summed E-state index contributed by atoms with van der Waals surface area (Å²) in [4.78, 5) is 0. The second-order valence-corrected chi connectivity index (χ2v) is 13.0. The van der Waals surface area contributed by atoms with Crippen molar-refractivity contribution in [1.82, 2.24) is 0 Å². The molecule has 6 unspecified atom stereocenters. The van der Waals surface area contributed by atoms with Gasteiger partial charge in [0, 0.05) is 0 Å². The lowest BCUT2D eigenvalue weighted by molar-refractivity contribution is 0.195. The van der Waals surface area contributed by atoms with Crippen molar-refractivity contribution in [2.45, 2.75) is 116 Å². The summed E-state index contributed by atoms with van der Waals surface area (Å²) in [5.74, 6) is 3.94. The van der Waals surface area contributed by atoms with Crippen LogP contribution in [-0.2, 0) is 0 Å². The van der Waals surface area contributed by atoms with Crippen molar-refractivity contribution < 1.29 is 0 Å². The van der Waals surface area contributed by atoms with E-state index in [1.807, 2.05) is 0 Å². The first kappa shape index (κ1) is 20.7. The van der Waals surface area contributed by atoms with E-state index in [-0.39, 0.29) is 7.92 Å². The summed E-state index contributed by atoms with van der Waals surface area (Å²) in [6, 6.07) is 0. The minimum atomic E-state index is 0.0931. The van der Waals surface area contributed by atoms with Crippen LogP contribution < -0.4 is 0 Å². The highest BCUT2D eigenvalue weighted by Gasteiger charge is 2.50. The summed E-state index contributed by atoms with van der Waals surface area (Å²) in [7, 11) is 0.0931. The second-order valence-electron chi connectivity index (χ2n) is 9.85. The molecule has 2 aliphatic carbocycles. The first-order chi connectivity index (χ1) is 11.3. The molecule has 0 radical (unpaired) electrons. The molecule has 0 aromatic rings. The Kier molecular flexibility index (Phi) is 7.27. The van der Waals surface area contributed by atoms with E-state index in [2.05, 4.69) is 48.2 Å². The van der Waals surface area contributed by atoms with E-state index < -0.39 is 0 Å². The Morgan fingerprint density at radius 3 is 1.75 bits per heavy atom. The Labute approximate surface area is 154 Å². The smallest absolute Gasteiger partial charge is 0.00894 e. The fourth-order valence-corrected chi connectivity index (χ4v) is 10.4. The molecule has 0 aromatic carbocycles. The predicted octanol–water partition coefficient (Wildman–Crippen LogP) is 8.09. The Balaban J connectivity index is 2.26. The van der Waals surface area contributed by atoms with Gasteiger partial charge in [-0.2, -0.15) is 0 Å². The Bertz CT molecular complexity index is 377. The topological polar surface area (TPSA) is 0 Å². The van der Waals surface area contributed by atoms with E-state index in [1.165, 1.54) is 64.2 Å². The molecule has 2 rings (SSSR count). The first-order valence-corrected chi connectivity index (χ1v) is 12.8. The van der Waals surface area contributed by atoms with Crippen LogP contribution >= 0.6 is 7.92 Å². The maximum absolute atomic E-state index is 2.73. The summed E-state index contributed by atoms with van der Waals surface area (Å²) < 4.78 is 0. The zero-order valence-electron chi connectivity index (χ0n) is 17.8. The molecule has 2 saturated carbocycles. The Morgan fingerprint density at radius 1 is 0.792 bits per heavy atom. The van der Waals surface area contributed by atoms with Gasteiger partial charge in [-0.05, 0) is 85.6 Å². The second kappa shape index (κ2) is 8.41. The number of hydrogen-bond donors (Lipinski definition) is 0. The van der Waals surface area contributed by atoms with Crippen LogP contribution in [0.4, 0.5) is 0 Å². The molecule has 24 heavy (non-hydrogen) atoms. The molecule has 0 amide bonds. The highest BCUT2D eigenvalue weighted by atomic mass is 31.1. The number of hydrogen-bond acceptors (Lipinski definition) is 0. The summed E-state index contributed by atoms with van der Waals surface area (Å²) in [5, 5.41) is 1.32. The number of rotatable bonds is 6. The van der Waals surface area contributed by atoms with Gasteiger partial charge in [-0.15, -0.1) is 0 Å². The SMILES string of the molecule is CCC1CC(CC)CC(C)(P(C)C2(CC)CC(C)CC(CC)C2)C1. The maximum atomic E-state index is 2.73. The lowest BCUT2D eigenvalue weighted by Gasteiger charge is -2.56. The van der Waals surface area contributed by atoms with E-state index >= 15 is 0 Å². The summed E-state index contributed by atoms with van der Waals surface area (Å²) >= 11 is 0. The van der Waals surface area contributed by atoms with Gasteiger partial charge in [-0.3, -0.25) is 0 Å². The molecule has 0 N–H and O–H groups in total. The standard InChI is InChI=1S/C23H45P/c1-8-19-12-18(5)14-23(11-4,17-19)24(7)22(6)15-20(9-2)13-21(10-3)16-22/h18-21H,8-17H2,1-7H3. The van der Waals surface area contributed by atoms with Crippen molar-refractivity contribution in [3.05, 3.63) is 0 Å². The van der Waals surface area contributed by atoms with Crippen molar-refractivity contribution >= 4 is 7.92 Å². The fraction of sp³-hybridized carbons (Fsp3) is 1.00. The van der Waals surface area contributed by atoms with Gasteiger partial charge in [0.2, 0.25) is 0 Å². The van der Waals surface area contributed by atoms with Gasteiger partial charge in [0.15, 0.2) is 0 Å². The van der Waals surface area contributed by atoms with Gasteiger partial charge in [0.05, 0.1) is 0 Å². The molecule has 2 fully saturated rings. The molecule has 6 atom stereocenters. The molecule has 0 aromatic heterocycles. The molecule has 2 aliphatic rings. The Morgan fingerprint density at radius 2 is 1.29 bits per heavy atom. The molecular weight excluding hydrogens is 307 g/mol. The van der Waals surface area contributed by atoms with Crippen molar-refractivity contribution in [3.63, 3.8) is 0 Å². The third-order valence-corrected chi connectivity index (χ3v) is 12.3. The largest absolute Gasteiger partial charge is 0.0974 e. The minimum Gasteiger partial charge on any atom is -0.0974 e. The first-order valence-electron chi connectivity index (χ1n) is 11.1.